The predicted octanol–water partition coefficient (Wildman–Crippen LogP) is 3.23. The molecule has 160 valence electrons. The zero-order valence-corrected chi connectivity index (χ0v) is 17.8. The normalized spacial score (nSPS) is 11.7. The number of ether oxygens (including phenoxy) is 1. The summed E-state index contributed by atoms with van der Waals surface area (Å²) in [6.45, 7) is 2.94. The molecule has 0 saturated heterocycles. The Bertz CT molecular complexity index is 1070. The van der Waals surface area contributed by atoms with Crippen LogP contribution in [0.1, 0.15) is 30.2 Å². The van der Waals surface area contributed by atoms with Crippen LogP contribution in [0.4, 0.5) is 0 Å². The van der Waals surface area contributed by atoms with Crippen molar-refractivity contribution in [1.29, 1.82) is 0 Å². The molecule has 1 heterocycles. The molecule has 3 rings (SSSR count). The number of nitrogens with two attached hydrogens (primary N) is 1. The fourth-order valence-corrected chi connectivity index (χ4v) is 4.27. The number of aromatic nitrogens is 1. The number of rotatable bonds is 10. The fourth-order valence-electron chi connectivity index (χ4n) is 3.73. The monoisotopic (exact) mass is 430 g/mol. The van der Waals surface area contributed by atoms with Gasteiger partial charge in [0.2, 0.25) is 5.91 Å². The van der Waals surface area contributed by atoms with E-state index in [1.807, 2.05) is 36.4 Å². The molecular weight excluding hydrogens is 403 g/mol. The molecule has 2 aromatic carbocycles. The molecule has 30 heavy (non-hydrogen) atoms. The summed E-state index contributed by atoms with van der Waals surface area (Å²) in [6.07, 6.45) is 0.938. The highest BCUT2D eigenvalue weighted by Crippen LogP contribution is 2.35. The van der Waals surface area contributed by atoms with Crippen molar-refractivity contribution in [2.75, 3.05) is 12.8 Å². The molecular formula is C22H27N2O5P. The van der Waals surface area contributed by atoms with Gasteiger partial charge in [0.25, 0.3) is 0 Å². The molecule has 0 aliphatic heterocycles. The summed E-state index contributed by atoms with van der Waals surface area (Å²) in [5.41, 5.74) is 9.64. The van der Waals surface area contributed by atoms with Crippen LogP contribution in [-0.4, -0.2) is 33.0 Å². The van der Waals surface area contributed by atoms with Gasteiger partial charge in [0.15, 0.2) is 0 Å². The van der Waals surface area contributed by atoms with Crippen molar-refractivity contribution in [3.05, 3.63) is 65.4 Å². The van der Waals surface area contributed by atoms with Crippen LogP contribution in [0, 0.1) is 0 Å². The van der Waals surface area contributed by atoms with Gasteiger partial charge in [-0.15, -0.1) is 0 Å². The minimum Gasteiger partial charge on any atom is -0.494 e. The Balaban J connectivity index is 1.95. The van der Waals surface area contributed by atoms with E-state index in [1.54, 1.807) is 0 Å². The largest absolute Gasteiger partial charge is 0.494 e. The van der Waals surface area contributed by atoms with E-state index in [0.29, 0.717) is 12.3 Å². The lowest BCUT2D eigenvalue weighted by Gasteiger charge is -2.11. The third-order valence-electron chi connectivity index (χ3n) is 4.99. The Morgan fingerprint density at radius 3 is 2.53 bits per heavy atom. The first-order chi connectivity index (χ1) is 14.3. The van der Waals surface area contributed by atoms with Gasteiger partial charge in [-0.2, -0.15) is 0 Å². The van der Waals surface area contributed by atoms with Crippen LogP contribution in [0.2, 0.25) is 0 Å². The highest BCUT2D eigenvalue weighted by molar-refractivity contribution is 7.51. The summed E-state index contributed by atoms with van der Waals surface area (Å²) in [7, 11) is -4.03. The molecule has 0 unspecified atom stereocenters. The van der Waals surface area contributed by atoms with Gasteiger partial charge in [-0.25, -0.2) is 0 Å². The molecule has 3 aromatic rings. The van der Waals surface area contributed by atoms with Crippen LogP contribution >= 0.6 is 7.60 Å². The van der Waals surface area contributed by atoms with Crippen molar-refractivity contribution in [3.8, 4) is 5.75 Å². The van der Waals surface area contributed by atoms with Crippen LogP contribution in [0.15, 0.2) is 48.5 Å². The highest BCUT2D eigenvalue weighted by Gasteiger charge is 2.19. The Hall–Kier alpha value is -2.60. The first-order valence-electron chi connectivity index (χ1n) is 9.92. The van der Waals surface area contributed by atoms with E-state index in [2.05, 4.69) is 23.6 Å². The lowest BCUT2D eigenvalue weighted by molar-refractivity contribution is -0.117. The maximum atomic E-state index is 11.7. The molecule has 1 amide bonds. The molecule has 8 heteroatoms. The Morgan fingerprint density at radius 1 is 1.17 bits per heavy atom. The molecule has 0 atom stereocenters. The van der Waals surface area contributed by atoms with Crippen LogP contribution in [0.25, 0.3) is 10.9 Å². The summed E-state index contributed by atoms with van der Waals surface area (Å²) in [5.74, 6) is 0.204. The summed E-state index contributed by atoms with van der Waals surface area (Å²) < 4.78 is 18.9. The molecule has 0 aliphatic carbocycles. The Labute approximate surface area is 175 Å². The zero-order valence-electron chi connectivity index (χ0n) is 17.0. The number of fused-ring (bicyclic) bond motifs is 1. The van der Waals surface area contributed by atoms with Crippen LogP contribution in [-0.2, 0) is 28.7 Å². The fraction of sp³-hybridized carbons (Fsp3) is 0.318. The molecule has 7 nitrogen and oxygen atoms in total. The second-order valence-electron chi connectivity index (χ2n) is 7.26. The standard InChI is InChI=1S/C22H27N2O5P/c1-2-20-19(14-22(23)25)18-13-17(29-11-6-12-30(26,27)28)9-10-21(18)24(20)15-16-7-4-3-5-8-16/h3-5,7-10,13H,2,6,11-12,14-15H2,1H3,(H2,23,25)(H2,26,27,28). The van der Waals surface area contributed by atoms with Crippen molar-refractivity contribution in [3.63, 3.8) is 0 Å². The van der Waals surface area contributed by atoms with Gasteiger partial charge in [0.05, 0.1) is 19.2 Å². The summed E-state index contributed by atoms with van der Waals surface area (Å²) in [6, 6.07) is 15.8. The van der Waals surface area contributed by atoms with E-state index < -0.39 is 13.5 Å². The van der Waals surface area contributed by atoms with Crippen LogP contribution < -0.4 is 10.5 Å². The Kier molecular flexibility index (Phi) is 6.98. The first kappa shape index (κ1) is 22.1. The van der Waals surface area contributed by atoms with Crippen molar-refractivity contribution in [2.24, 2.45) is 5.73 Å². The number of primary amides is 1. The smallest absolute Gasteiger partial charge is 0.325 e. The lowest BCUT2D eigenvalue weighted by atomic mass is 10.1. The summed E-state index contributed by atoms with van der Waals surface area (Å²) >= 11 is 0. The minimum atomic E-state index is -4.03. The summed E-state index contributed by atoms with van der Waals surface area (Å²) in [5, 5.41) is 0.911. The second-order valence-corrected chi connectivity index (χ2v) is 9.04. The molecule has 0 saturated carbocycles. The van der Waals surface area contributed by atoms with Gasteiger partial charge in [0, 0.05) is 23.1 Å². The van der Waals surface area contributed by atoms with E-state index in [4.69, 9.17) is 20.3 Å². The van der Waals surface area contributed by atoms with E-state index in [1.165, 1.54) is 0 Å². The average molecular weight is 430 g/mol. The van der Waals surface area contributed by atoms with Crippen molar-refractivity contribution in [1.82, 2.24) is 4.57 Å². The minimum absolute atomic E-state index is 0.142. The van der Waals surface area contributed by atoms with Crippen molar-refractivity contribution < 1.29 is 23.9 Å². The summed E-state index contributed by atoms with van der Waals surface area (Å²) in [4.78, 5) is 29.7. The van der Waals surface area contributed by atoms with Gasteiger partial charge in [-0.05, 0) is 42.2 Å². The van der Waals surface area contributed by atoms with Gasteiger partial charge in [0.1, 0.15) is 5.75 Å². The van der Waals surface area contributed by atoms with Crippen LogP contribution in [0.3, 0.4) is 0 Å². The van der Waals surface area contributed by atoms with Gasteiger partial charge in [-0.1, -0.05) is 37.3 Å². The van der Waals surface area contributed by atoms with Crippen molar-refractivity contribution >= 4 is 24.4 Å². The number of benzene rings is 2. The maximum absolute atomic E-state index is 11.7. The quantitative estimate of drug-likeness (QED) is 0.337. The SMILES string of the molecule is CCc1c(CC(N)=O)c2cc(OCCCP(=O)(O)O)ccc2n1Cc1ccccc1. The molecule has 4 N–H and O–H groups in total. The third kappa shape index (κ3) is 5.51. The molecule has 0 radical (unpaired) electrons. The highest BCUT2D eigenvalue weighted by atomic mass is 31.2. The molecule has 0 spiro atoms. The van der Waals surface area contributed by atoms with Gasteiger partial charge in [-0.3, -0.25) is 9.36 Å². The Morgan fingerprint density at radius 2 is 1.90 bits per heavy atom. The predicted molar refractivity (Wildman–Crippen MR) is 117 cm³/mol. The molecule has 0 fully saturated rings. The number of hydrogen-bond donors (Lipinski definition) is 3. The zero-order chi connectivity index (χ0) is 21.7. The molecule has 0 bridgehead atoms. The second kappa shape index (κ2) is 9.47. The van der Waals surface area contributed by atoms with E-state index in [0.717, 1.165) is 34.1 Å². The van der Waals surface area contributed by atoms with Crippen LogP contribution in [0.5, 0.6) is 5.75 Å². The van der Waals surface area contributed by atoms with Gasteiger partial charge >= 0.3 is 7.60 Å². The number of nitrogens with zero attached hydrogens (tertiary/aromatic N) is 1. The third-order valence-corrected chi connectivity index (χ3v) is 5.89. The number of carbonyl (C=O) groups excluding carboxylic acids is 1. The maximum Gasteiger partial charge on any atom is 0.325 e. The van der Waals surface area contributed by atoms with E-state index in [-0.39, 0.29) is 25.6 Å². The number of amides is 1. The number of carbonyl (C=O) groups is 1. The first-order valence-corrected chi connectivity index (χ1v) is 11.7. The molecule has 1 aromatic heterocycles. The van der Waals surface area contributed by atoms with E-state index >= 15 is 0 Å². The van der Waals surface area contributed by atoms with Gasteiger partial charge < -0.3 is 24.8 Å². The lowest BCUT2D eigenvalue weighted by Crippen LogP contribution is -2.15. The average Bonchev–Trinajstić information content (AvgIpc) is 2.97. The topological polar surface area (TPSA) is 115 Å². The molecule has 0 aliphatic rings. The van der Waals surface area contributed by atoms with Crippen molar-refractivity contribution in [2.45, 2.75) is 32.7 Å². The number of hydrogen-bond acceptors (Lipinski definition) is 3. The van der Waals surface area contributed by atoms with E-state index in [9.17, 15) is 9.36 Å².